The number of hydrogen-bond donors (Lipinski definition) is 2. The normalized spacial score (nSPS) is 25.3. The molecule has 2 N–H and O–H groups in total. The lowest BCUT2D eigenvalue weighted by Crippen LogP contribution is -2.38. The van der Waals surface area contributed by atoms with Crippen LogP contribution in [-0.2, 0) is 0 Å². The second-order valence-electron chi connectivity index (χ2n) is 6.21. The van der Waals surface area contributed by atoms with Gasteiger partial charge in [0.15, 0.2) is 0 Å². The molecule has 1 aromatic heterocycles. The quantitative estimate of drug-likeness (QED) is 0.838. The average molecular weight is 324 g/mol. The van der Waals surface area contributed by atoms with Gasteiger partial charge in [0.25, 0.3) is 5.91 Å². The van der Waals surface area contributed by atoms with E-state index in [-0.39, 0.29) is 18.1 Å². The summed E-state index contributed by atoms with van der Waals surface area (Å²) in [7, 11) is 0. The number of aliphatic hydroxyl groups is 1. The van der Waals surface area contributed by atoms with Crippen molar-refractivity contribution in [2.45, 2.75) is 50.7 Å². The van der Waals surface area contributed by atoms with Gasteiger partial charge in [0.05, 0.1) is 6.10 Å². The maximum Gasteiger partial charge on any atom is 0.251 e. The number of aliphatic hydroxyl groups excluding tert-OH is 1. The Morgan fingerprint density at radius 3 is 2.59 bits per heavy atom. The fourth-order valence-electron chi connectivity index (χ4n) is 3.21. The maximum atomic E-state index is 12.4. The van der Waals surface area contributed by atoms with E-state index in [1.807, 2.05) is 6.07 Å². The SMILES string of the molecule is O=C(NC1CCC(O)CC1)c1cc(Cl)nc(N2CCCC2)c1. The van der Waals surface area contributed by atoms with Crippen molar-refractivity contribution >= 4 is 23.3 Å². The molecule has 1 aliphatic heterocycles. The van der Waals surface area contributed by atoms with Crippen LogP contribution in [0.5, 0.6) is 0 Å². The Hall–Kier alpha value is -1.33. The maximum absolute atomic E-state index is 12.4. The largest absolute Gasteiger partial charge is 0.393 e. The Morgan fingerprint density at radius 2 is 1.91 bits per heavy atom. The molecule has 1 amide bonds. The second-order valence-corrected chi connectivity index (χ2v) is 6.60. The minimum Gasteiger partial charge on any atom is -0.393 e. The van der Waals surface area contributed by atoms with E-state index in [0.717, 1.165) is 57.4 Å². The molecule has 0 aromatic carbocycles. The Balaban J connectivity index is 1.69. The van der Waals surface area contributed by atoms with E-state index in [1.54, 1.807) is 6.07 Å². The van der Waals surface area contributed by atoms with Crippen molar-refractivity contribution in [3.05, 3.63) is 22.8 Å². The fourth-order valence-corrected chi connectivity index (χ4v) is 3.42. The molecule has 1 saturated carbocycles. The van der Waals surface area contributed by atoms with Crippen molar-refractivity contribution in [1.82, 2.24) is 10.3 Å². The van der Waals surface area contributed by atoms with Crippen LogP contribution in [-0.4, -0.2) is 41.2 Å². The Kier molecular flexibility index (Phi) is 4.84. The van der Waals surface area contributed by atoms with Gasteiger partial charge in [-0.05, 0) is 50.7 Å². The standard InChI is InChI=1S/C16H22ClN3O2/c17-14-9-11(10-15(19-14)20-7-1-2-8-20)16(22)18-12-3-5-13(21)6-4-12/h9-10,12-13,21H,1-8H2,(H,18,22). The molecule has 0 radical (unpaired) electrons. The van der Waals surface area contributed by atoms with E-state index in [4.69, 9.17) is 11.6 Å². The highest BCUT2D eigenvalue weighted by atomic mass is 35.5. The highest BCUT2D eigenvalue weighted by molar-refractivity contribution is 6.29. The van der Waals surface area contributed by atoms with Crippen LogP contribution in [0.4, 0.5) is 5.82 Å². The molecule has 1 aromatic rings. The molecule has 22 heavy (non-hydrogen) atoms. The number of anilines is 1. The first-order chi connectivity index (χ1) is 10.6. The lowest BCUT2D eigenvalue weighted by atomic mass is 9.93. The molecule has 0 spiro atoms. The zero-order chi connectivity index (χ0) is 15.5. The van der Waals surface area contributed by atoms with E-state index in [0.29, 0.717) is 10.7 Å². The summed E-state index contributed by atoms with van der Waals surface area (Å²) in [6.07, 6.45) is 5.24. The number of aromatic nitrogens is 1. The Labute approximate surface area is 135 Å². The van der Waals surface area contributed by atoms with Gasteiger partial charge in [0, 0.05) is 24.7 Å². The zero-order valence-electron chi connectivity index (χ0n) is 12.6. The summed E-state index contributed by atoms with van der Waals surface area (Å²) >= 11 is 6.08. The number of carbonyl (C=O) groups excluding carboxylic acids is 1. The van der Waals surface area contributed by atoms with Crippen LogP contribution in [0.25, 0.3) is 0 Å². The molecule has 2 fully saturated rings. The highest BCUT2D eigenvalue weighted by Crippen LogP contribution is 2.23. The molecule has 0 unspecified atom stereocenters. The Morgan fingerprint density at radius 1 is 1.23 bits per heavy atom. The summed E-state index contributed by atoms with van der Waals surface area (Å²) < 4.78 is 0. The molecule has 5 nitrogen and oxygen atoms in total. The lowest BCUT2D eigenvalue weighted by Gasteiger charge is -2.26. The minimum atomic E-state index is -0.217. The minimum absolute atomic E-state index is 0.105. The molecule has 0 bridgehead atoms. The van der Waals surface area contributed by atoms with Gasteiger partial charge in [-0.1, -0.05) is 11.6 Å². The monoisotopic (exact) mass is 323 g/mol. The van der Waals surface area contributed by atoms with Gasteiger partial charge in [-0.2, -0.15) is 0 Å². The molecule has 1 saturated heterocycles. The third kappa shape index (κ3) is 3.70. The van der Waals surface area contributed by atoms with Crippen LogP contribution in [0, 0.1) is 0 Å². The number of carbonyl (C=O) groups is 1. The number of halogens is 1. The summed E-state index contributed by atoms with van der Waals surface area (Å²) in [6, 6.07) is 3.58. The van der Waals surface area contributed by atoms with Crippen LogP contribution in [0.2, 0.25) is 5.15 Å². The molecule has 2 heterocycles. The number of nitrogens with one attached hydrogen (secondary N) is 1. The topological polar surface area (TPSA) is 65.5 Å². The van der Waals surface area contributed by atoms with Crippen molar-refractivity contribution in [2.24, 2.45) is 0 Å². The number of rotatable bonds is 3. The average Bonchev–Trinajstić information content (AvgIpc) is 3.03. The summed E-state index contributed by atoms with van der Waals surface area (Å²) in [5.74, 6) is 0.681. The van der Waals surface area contributed by atoms with Gasteiger partial charge in [-0.15, -0.1) is 0 Å². The lowest BCUT2D eigenvalue weighted by molar-refractivity contribution is 0.0867. The van der Waals surface area contributed by atoms with Crippen LogP contribution in [0.15, 0.2) is 12.1 Å². The van der Waals surface area contributed by atoms with Crippen molar-refractivity contribution in [3.63, 3.8) is 0 Å². The van der Waals surface area contributed by atoms with Crippen LogP contribution in [0.3, 0.4) is 0 Å². The summed E-state index contributed by atoms with van der Waals surface area (Å²) in [5, 5.41) is 12.9. The van der Waals surface area contributed by atoms with Crippen molar-refractivity contribution in [2.75, 3.05) is 18.0 Å². The number of hydrogen-bond acceptors (Lipinski definition) is 4. The third-order valence-electron chi connectivity index (χ3n) is 4.50. The predicted octanol–water partition coefficient (Wildman–Crippen LogP) is 2.37. The molecule has 6 heteroatoms. The van der Waals surface area contributed by atoms with Gasteiger partial charge in [0.1, 0.15) is 11.0 Å². The second kappa shape index (κ2) is 6.84. The van der Waals surface area contributed by atoms with Crippen LogP contribution >= 0.6 is 11.6 Å². The van der Waals surface area contributed by atoms with E-state index >= 15 is 0 Å². The first-order valence-corrected chi connectivity index (χ1v) is 8.41. The summed E-state index contributed by atoms with van der Waals surface area (Å²) in [4.78, 5) is 18.9. The molecule has 3 rings (SSSR count). The first-order valence-electron chi connectivity index (χ1n) is 8.03. The van der Waals surface area contributed by atoms with E-state index < -0.39 is 0 Å². The van der Waals surface area contributed by atoms with Gasteiger partial charge in [0.2, 0.25) is 0 Å². The highest BCUT2D eigenvalue weighted by Gasteiger charge is 2.22. The smallest absolute Gasteiger partial charge is 0.251 e. The summed E-state index contributed by atoms with van der Waals surface area (Å²) in [5.41, 5.74) is 0.563. The van der Waals surface area contributed by atoms with E-state index in [1.165, 1.54) is 0 Å². The first kappa shape index (κ1) is 15.6. The van der Waals surface area contributed by atoms with Crippen molar-refractivity contribution in [3.8, 4) is 0 Å². The van der Waals surface area contributed by atoms with Crippen molar-refractivity contribution < 1.29 is 9.90 Å². The molecular formula is C16H22ClN3O2. The van der Waals surface area contributed by atoms with Gasteiger partial charge in [-0.25, -0.2) is 4.98 Å². The molecule has 1 aliphatic carbocycles. The van der Waals surface area contributed by atoms with E-state index in [9.17, 15) is 9.90 Å². The number of nitrogens with zero attached hydrogens (tertiary/aromatic N) is 2. The van der Waals surface area contributed by atoms with Crippen LogP contribution < -0.4 is 10.2 Å². The van der Waals surface area contributed by atoms with Gasteiger partial charge in [-0.3, -0.25) is 4.79 Å². The molecule has 0 atom stereocenters. The fraction of sp³-hybridized carbons (Fsp3) is 0.625. The van der Waals surface area contributed by atoms with Gasteiger partial charge >= 0.3 is 0 Å². The predicted molar refractivity (Wildman–Crippen MR) is 86.4 cm³/mol. The van der Waals surface area contributed by atoms with Gasteiger partial charge < -0.3 is 15.3 Å². The summed E-state index contributed by atoms with van der Waals surface area (Å²) in [6.45, 7) is 1.93. The molecule has 2 aliphatic rings. The van der Waals surface area contributed by atoms with Crippen LogP contribution in [0.1, 0.15) is 48.9 Å². The number of pyridine rings is 1. The van der Waals surface area contributed by atoms with Crippen molar-refractivity contribution in [1.29, 1.82) is 0 Å². The molecule has 120 valence electrons. The molecular weight excluding hydrogens is 302 g/mol. The van der Waals surface area contributed by atoms with E-state index in [2.05, 4.69) is 15.2 Å². The zero-order valence-corrected chi connectivity index (χ0v) is 13.4. The number of amides is 1. The third-order valence-corrected chi connectivity index (χ3v) is 4.70. The Bertz CT molecular complexity index is 538.